The quantitative estimate of drug-likeness (QED) is 0.433. The molecule has 1 N–H and O–H groups in total. The maximum Gasteiger partial charge on any atom is 0.329 e. The van der Waals surface area contributed by atoms with Crippen molar-refractivity contribution in [2.24, 2.45) is 11.8 Å². The highest BCUT2D eigenvalue weighted by Crippen LogP contribution is 2.39. The van der Waals surface area contributed by atoms with Crippen molar-refractivity contribution in [1.82, 2.24) is 9.88 Å². The van der Waals surface area contributed by atoms with Crippen molar-refractivity contribution in [3.8, 4) is 0 Å². The lowest BCUT2D eigenvalue weighted by molar-refractivity contribution is -0.159. The fraction of sp³-hybridized carbons (Fsp3) is 0.591. The average molecular weight is 416 g/mol. The van der Waals surface area contributed by atoms with Crippen LogP contribution in [0.4, 0.5) is 0 Å². The van der Waals surface area contributed by atoms with Crippen LogP contribution in [0, 0.1) is 25.7 Å². The molecule has 2 heterocycles. The Morgan fingerprint density at radius 2 is 1.57 bits per heavy atom. The maximum atomic E-state index is 12.8. The van der Waals surface area contributed by atoms with Crippen molar-refractivity contribution in [1.29, 1.82) is 0 Å². The van der Waals surface area contributed by atoms with Gasteiger partial charge in [0.2, 0.25) is 17.6 Å². The second kappa shape index (κ2) is 8.16. The number of carbonyl (C=O) groups is 5. The first kappa shape index (κ1) is 21.9. The van der Waals surface area contributed by atoms with E-state index in [1.807, 2.05) is 0 Å². The molecule has 30 heavy (non-hydrogen) atoms. The van der Waals surface area contributed by atoms with E-state index < -0.39 is 23.9 Å². The number of nitrogens with zero attached hydrogens (tertiary/aromatic N) is 1. The summed E-state index contributed by atoms with van der Waals surface area (Å²) in [6.45, 7) is 7.66. The molecule has 1 saturated heterocycles. The molecular formula is C22H28N2O6. The van der Waals surface area contributed by atoms with Crippen LogP contribution in [0.5, 0.6) is 0 Å². The largest absolute Gasteiger partial charge is 0.453 e. The van der Waals surface area contributed by atoms with Gasteiger partial charge in [-0.1, -0.05) is 12.8 Å². The molecule has 1 aromatic rings. The molecular weight excluding hydrogens is 388 g/mol. The molecule has 1 saturated carbocycles. The highest BCUT2D eigenvalue weighted by molar-refractivity contribution is 6.08. The van der Waals surface area contributed by atoms with Gasteiger partial charge in [-0.3, -0.25) is 24.1 Å². The molecule has 1 aliphatic carbocycles. The fourth-order valence-electron chi connectivity index (χ4n) is 4.73. The summed E-state index contributed by atoms with van der Waals surface area (Å²) in [7, 11) is 0. The molecule has 0 radical (unpaired) electrons. The zero-order valence-corrected chi connectivity index (χ0v) is 18.0. The summed E-state index contributed by atoms with van der Waals surface area (Å²) >= 11 is 0. The maximum absolute atomic E-state index is 12.8. The van der Waals surface area contributed by atoms with E-state index in [-0.39, 0.29) is 35.1 Å². The number of hydrogen-bond acceptors (Lipinski definition) is 6. The molecule has 2 aliphatic rings. The molecule has 0 aromatic carbocycles. The van der Waals surface area contributed by atoms with Gasteiger partial charge in [0.05, 0.1) is 17.5 Å². The van der Waals surface area contributed by atoms with Crippen molar-refractivity contribution < 1.29 is 28.7 Å². The molecule has 1 aliphatic heterocycles. The number of nitrogens with one attached hydrogen (secondary N) is 1. The van der Waals surface area contributed by atoms with Crippen molar-refractivity contribution in [3.63, 3.8) is 0 Å². The van der Waals surface area contributed by atoms with E-state index in [2.05, 4.69) is 4.98 Å². The van der Waals surface area contributed by atoms with Crippen LogP contribution in [-0.4, -0.2) is 51.4 Å². The van der Waals surface area contributed by atoms with Gasteiger partial charge < -0.3 is 9.72 Å². The summed E-state index contributed by atoms with van der Waals surface area (Å²) in [4.78, 5) is 66.5. The van der Waals surface area contributed by atoms with Gasteiger partial charge in [0.1, 0.15) is 6.04 Å². The van der Waals surface area contributed by atoms with Crippen LogP contribution >= 0.6 is 0 Å². The monoisotopic (exact) mass is 416 g/mol. The first-order valence-electron chi connectivity index (χ1n) is 10.4. The first-order valence-corrected chi connectivity index (χ1v) is 10.4. The molecule has 0 bridgehead atoms. The Kier molecular flexibility index (Phi) is 5.97. The molecule has 0 spiro atoms. The SMILES string of the molecule is CC(=O)c1c(C)[nH]c(C(=O)[C@@H](C)OC(=O)[C@H](C)N2C(=O)[C@H]3CCCC[C@H]3C2=O)c1C. The molecule has 2 amide bonds. The standard InChI is InChI=1S/C22H28N2O6/c1-10-17(13(4)25)11(2)23-18(10)19(26)14(5)30-22(29)12(3)24-20(27)15-8-6-7-9-16(15)21(24)28/h12,14-16,23H,6-9H2,1-5H3/t12-,14+,15-,16+/m0/s1. The van der Waals surface area contributed by atoms with E-state index in [4.69, 9.17) is 4.74 Å². The number of aromatic amines is 1. The van der Waals surface area contributed by atoms with E-state index in [0.717, 1.165) is 17.7 Å². The zero-order valence-electron chi connectivity index (χ0n) is 18.0. The van der Waals surface area contributed by atoms with E-state index >= 15 is 0 Å². The van der Waals surface area contributed by atoms with Crippen LogP contribution in [0.1, 0.15) is 78.6 Å². The number of aryl methyl sites for hydroxylation is 1. The summed E-state index contributed by atoms with van der Waals surface area (Å²) in [6, 6.07) is -1.09. The van der Waals surface area contributed by atoms with Crippen LogP contribution in [0.3, 0.4) is 0 Å². The zero-order chi connectivity index (χ0) is 22.3. The minimum atomic E-state index is -1.13. The van der Waals surface area contributed by atoms with E-state index in [0.29, 0.717) is 29.7 Å². The first-order chi connectivity index (χ1) is 14.1. The van der Waals surface area contributed by atoms with Gasteiger partial charge in [-0.25, -0.2) is 4.79 Å². The summed E-state index contributed by atoms with van der Waals surface area (Å²) in [5, 5.41) is 0. The molecule has 3 rings (SSSR count). The van der Waals surface area contributed by atoms with E-state index in [1.165, 1.54) is 20.8 Å². The number of carbonyl (C=O) groups excluding carboxylic acids is 5. The van der Waals surface area contributed by atoms with Gasteiger partial charge in [0.25, 0.3) is 0 Å². The number of H-pyrrole nitrogens is 1. The van der Waals surface area contributed by atoms with Crippen LogP contribution < -0.4 is 0 Å². The van der Waals surface area contributed by atoms with Gasteiger partial charge in [0, 0.05) is 11.3 Å². The third kappa shape index (κ3) is 3.59. The topological polar surface area (TPSA) is 114 Å². The van der Waals surface area contributed by atoms with Crippen LogP contribution in [0.2, 0.25) is 0 Å². The number of hydrogen-bond donors (Lipinski definition) is 1. The second-order valence-corrected chi connectivity index (χ2v) is 8.34. The van der Waals surface area contributed by atoms with Gasteiger partial charge in [-0.2, -0.15) is 0 Å². The van der Waals surface area contributed by atoms with E-state index in [9.17, 15) is 24.0 Å². The summed E-state index contributed by atoms with van der Waals surface area (Å²) in [5.41, 5.74) is 1.74. The lowest BCUT2D eigenvalue weighted by Gasteiger charge is -2.23. The number of ketones is 2. The predicted octanol–water partition coefficient (Wildman–Crippen LogP) is 2.51. The van der Waals surface area contributed by atoms with Crippen molar-refractivity contribution in [2.45, 2.75) is 72.4 Å². The Balaban J connectivity index is 1.72. The van der Waals surface area contributed by atoms with Crippen LogP contribution in [0.15, 0.2) is 0 Å². The van der Waals surface area contributed by atoms with Gasteiger partial charge in [0.15, 0.2) is 11.9 Å². The molecule has 4 atom stereocenters. The van der Waals surface area contributed by atoms with Crippen molar-refractivity contribution >= 4 is 29.4 Å². The Morgan fingerprint density at radius 1 is 1.03 bits per heavy atom. The van der Waals surface area contributed by atoms with Crippen molar-refractivity contribution in [2.75, 3.05) is 0 Å². The van der Waals surface area contributed by atoms with Gasteiger partial charge in [-0.05, 0) is 53.0 Å². The highest BCUT2D eigenvalue weighted by atomic mass is 16.5. The Labute approximate surface area is 175 Å². The molecule has 8 heteroatoms. The van der Waals surface area contributed by atoms with E-state index in [1.54, 1.807) is 13.8 Å². The molecule has 2 fully saturated rings. The number of esters is 1. The third-order valence-corrected chi connectivity index (χ3v) is 6.30. The van der Waals surface area contributed by atoms with Gasteiger partial charge >= 0.3 is 5.97 Å². The smallest absolute Gasteiger partial charge is 0.329 e. The number of rotatable bonds is 6. The number of likely N-dealkylation sites (tertiary alicyclic amines) is 1. The molecule has 162 valence electrons. The third-order valence-electron chi connectivity index (χ3n) is 6.30. The number of amides is 2. The molecule has 8 nitrogen and oxygen atoms in total. The summed E-state index contributed by atoms with van der Waals surface area (Å²) in [6.07, 6.45) is 1.98. The molecule has 1 aromatic heterocycles. The fourth-order valence-corrected chi connectivity index (χ4v) is 4.73. The number of aromatic nitrogens is 1. The minimum Gasteiger partial charge on any atom is -0.453 e. The summed E-state index contributed by atoms with van der Waals surface area (Å²) < 4.78 is 5.32. The second-order valence-electron chi connectivity index (χ2n) is 8.34. The highest BCUT2D eigenvalue weighted by Gasteiger charge is 2.51. The number of ether oxygens (including phenoxy) is 1. The Hall–Kier alpha value is -2.77. The normalized spacial score (nSPS) is 23.2. The number of fused-ring (bicyclic) bond motifs is 1. The lowest BCUT2D eigenvalue weighted by Crippen LogP contribution is -2.45. The Bertz CT molecular complexity index is 906. The summed E-state index contributed by atoms with van der Waals surface area (Å²) in [5.74, 6) is -2.79. The predicted molar refractivity (Wildman–Crippen MR) is 107 cm³/mol. The Morgan fingerprint density at radius 3 is 2.03 bits per heavy atom. The molecule has 0 unspecified atom stereocenters. The van der Waals surface area contributed by atoms with Gasteiger partial charge in [-0.15, -0.1) is 0 Å². The lowest BCUT2D eigenvalue weighted by atomic mass is 9.81. The van der Waals surface area contributed by atoms with Crippen molar-refractivity contribution in [3.05, 3.63) is 22.5 Å². The van der Waals surface area contributed by atoms with Crippen LogP contribution in [-0.2, 0) is 19.1 Å². The number of imide groups is 1. The average Bonchev–Trinajstić information content (AvgIpc) is 3.13. The van der Waals surface area contributed by atoms with Crippen LogP contribution in [0.25, 0.3) is 0 Å². The minimum absolute atomic E-state index is 0.161. The number of Topliss-reactive ketones (excluding diaryl/α,β-unsaturated/α-hetero) is 2.